The lowest BCUT2D eigenvalue weighted by atomic mass is 10.1. The zero-order valence-electron chi connectivity index (χ0n) is 19.0. The Balaban J connectivity index is 1.46. The van der Waals surface area contributed by atoms with Crippen molar-refractivity contribution in [3.63, 3.8) is 0 Å². The molecule has 0 atom stereocenters. The van der Waals surface area contributed by atoms with Crippen molar-refractivity contribution < 1.29 is 23.8 Å². The summed E-state index contributed by atoms with van der Waals surface area (Å²) in [4.78, 5) is 15.4. The molecule has 0 unspecified atom stereocenters. The molecule has 1 fully saturated rings. The van der Waals surface area contributed by atoms with E-state index in [1.807, 2.05) is 0 Å². The molecule has 34 heavy (non-hydrogen) atoms. The lowest BCUT2D eigenvalue weighted by molar-refractivity contribution is 0.102. The molecule has 0 aliphatic carbocycles. The van der Waals surface area contributed by atoms with Gasteiger partial charge in [0.15, 0.2) is 0 Å². The van der Waals surface area contributed by atoms with E-state index in [2.05, 4.69) is 10.2 Å². The van der Waals surface area contributed by atoms with Gasteiger partial charge in [0.2, 0.25) is 0 Å². The van der Waals surface area contributed by atoms with Crippen LogP contribution in [0.15, 0.2) is 66.7 Å². The lowest BCUT2D eigenvalue weighted by Gasteiger charge is -2.16. The van der Waals surface area contributed by atoms with Crippen LogP contribution in [-0.4, -0.2) is 42.2 Å². The summed E-state index contributed by atoms with van der Waals surface area (Å²) < 4.78 is 25.9. The van der Waals surface area contributed by atoms with Crippen LogP contribution in [0.1, 0.15) is 35.2 Å². The number of halogens is 1. The molecule has 0 spiro atoms. The molecule has 1 aliphatic rings. The Kier molecular flexibility index (Phi) is 7.99. The van der Waals surface area contributed by atoms with E-state index in [-0.39, 0.29) is 29.5 Å². The largest absolute Gasteiger partial charge is 0.508 e. The van der Waals surface area contributed by atoms with Gasteiger partial charge >= 0.3 is 0 Å². The Labute approximate surface area is 198 Å². The lowest BCUT2D eigenvalue weighted by Crippen LogP contribution is -2.21. The fourth-order valence-corrected chi connectivity index (χ4v) is 3.94. The van der Waals surface area contributed by atoms with Gasteiger partial charge in [-0.1, -0.05) is 24.3 Å². The van der Waals surface area contributed by atoms with Crippen LogP contribution in [0.25, 0.3) is 0 Å². The number of nitrogens with one attached hydrogen (secondary N) is 1. The summed E-state index contributed by atoms with van der Waals surface area (Å²) in [7, 11) is 0. The molecule has 1 heterocycles. The van der Waals surface area contributed by atoms with Gasteiger partial charge in [0.05, 0.1) is 12.2 Å². The summed E-state index contributed by atoms with van der Waals surface area (Å²) in [5.74, 6) is 0.139. The van der Waals surface area contributed by atoms with Crippen molar-refractivity contribution in [3.05, 3.63) is 83.7 Å². The van der Waals surface area contributed by atoms with Gasteiger partial charge in [-0.15, -0.1) is 0 Å². The molecule has 2 N–H and O–H groups in total. The maximum atomic E-state index is 14.1. The average molecular weight is 465 g/mol. The van der Waals surface area contributed by atoms with Gasteiger partial charge in [0.25, 0.3) is 5.91 Å². The number of phenols is 1. The van der Waals surface area contributed by atoms with Gasteiger partial charge in [0.1, 0.15) is 29.7 Å². The number of carbonyl (C=O) groups is 1. The molecule has 0 bridgehead atoms. The molecule has 0 aromatic heterocycles. The van der Waals surface area contributed by atoms with Crippen LogP contribution < -0.4 is 14.8 Å². The Bertz CT molecular complexity index is 1120. The highest BCUT2D eigenvalue weighted by Crippen LogP contribution is 2.28. The van der Waals surface area contributed by atoms with Crippen molar-refractivity contribution in [1.82, 2.24) is 4.90 Å². The zero-order chi connectivity index (χ0) is 23.8. The number of ether oxygens (including phenoxy) is 2. The first-order chi connectivity index (χ1) is 16.6. The smallest absolute Gasteiger partial charge is 0.259 e. The summed E-state index contributed by atoms with van der Waals surface area (Å²) in [6.45, 7) is 3.82. The fourth-order valence-electron chi connectivity index (χ4n) is 3.94. The third kappa shape index (κ3) is 6.48. The molecule has 1 aliphatic heterocycles. The molecule has 178 valence electrons. The third-order valence-corrected chi connectivity index (χ3v) is 5.73. The Morgan fingerprint density at radius 2 is 1.82 bits per heavy atom. The Morgan fingerprint density at radius 3 is 2.62 bits per heavy atom. The summed E-state index contributed by atoms with van der Waals surface area (Å²) >= 11 is 0. The molecular weight excluding hydrogens is 435 g/mol. The topological polar surface area (TPSA) is 71.0 Å². The van der Waals surface area contributed by atoms with Gasteiger partial charge in [-0.2, -0.15) is 0 Å². The highest BCUT2D eigenvalue weighted by atomic mass is 19.1. The molecule has 6 nitrogen and oxygen atoms in total. The van der Waals surface area contributed by atoms with E-state index in [0.29, 0.717) is 23.6 Å². The van der Waals surface area contributed by atoms with Crippen molar-refractivity contribution in [2.24, 2.45) is 0 Å². The number of nitrogens with zero attached hydrogens (tertiary/aromatic N) is 1. The zero-order valence-corrected chi connectivity index (χ0v) is 19.0. The minimum absolute atomic E-state index is 0.0303. The molecule has 3 aromatic rings. The maximum Gasteiger partial charge on any atom is 0.259 e. The summed E-state index contributed by atoms with van der Waals surface area (Å²) in [5, 5.41) is 12.4. The highest BCUT2D eigenvalue weighted by molar-refractivity contribution is 6.06. The monoisotopic (exact) mass is 464 g/mol. The number of hydrogen-bond donors (Lipinski definition) is 2. The van der Waals surface area contributed by atoms with Gasteiger partial charge < -0.3 is 24.8 Å². The molecule has 0 radical (unpaired) electrons. The number of benzene rings is 3. The minimum atomic E-state index is -0.408. The second-order valence-corrected chi connectivity index (χ2v) is 8.29. The normalized spacial score (nSPS) is 13.6. The predicted octanol–water partition coefficient (Wildman–Crippen LogP) is 5.23. The number of amides is 1. The van der Waals surface area contributed by atoms with Crippen molar-refractivity contribution in [2.45, 2.75) is 25.9 Å². The van der Waals surface area contributed by atoms with E-state index in [4.69, 9.17) is 9.47 Å². The quantitative estimate of drug-likeness (QED) is 0.402. The number of phenolic OH excluding ortho intramolecular Hbond substituents is 1. The second-order valence-electron chi connectivity index (χ2n) is 8.29. The first-order valence-electron chi connectivity index (χ1n) is 11.5. The van der Waals surface area contributed by atoms with Crippen LogP contribution in [-0.2, 0) is 6.61 Å². The third-order valence-electron chi connectivity index (χ3n) is 5.73. The number of aromatic hydroxyl groups is 1. The van der Waals surface area contributed by atoms with Gasteiger partial charge in [0, 0.05) is 29.9 Å². The number of likely N-dealkylation sites (tertiary alicyclic amines) is 1. The van der Waals surface area contributed by atoms with Gasteiger partial charge in [-0.3, -0.25) is 4.79 Å². The van der Waals surface area contributed by atoms with E-state index >= 15 is 0 Å². The van der Waals surface area contributed by atoms with E-state index in [1.54, 1.807) is 48.5 Å². The van der Waals surface area contributed by atoms with Crippen LogP contribution in [0.3, 0.4) is 0 Å². The predicted molar refractivity (Wildman–Crippen MR) is 129 cm³/mol. The Hall–Kier alpha value is -3.58. The second kappa shape index (κ2) is 11.5. The molecule has 0 saturated carbocycles. The molecule has 7 heteroatoms. The Morgan fingerprint density at radius 1 is 1.00 bits per heavy atom. The SMILES string of the molecule is O=C(Nc1cccc(O)c1)c1ccc(OCCCN2CCCC2)cc1OCc1ccccc1F. The van der Waals surface area contributed by atoms with Crippen LogP contribution in [0.2, 0.25) is 0 Å². The van der Waals surface area contributed by atoms with E-state index in [9.17, 15) is 14.3 Å². The molecule has 4 rings (SSSR count). The van der Waals surface area contributed by atoms with Crippen molar-refractivity contribution in [2.75, 3.05) is 31.6 Å². The molecule has 1 saturated heterocycles. The summed E-state index contributed by atoms with van der Waals surface area (Å²) in [5.41, 5.74) is 1.12. The van der Waals surface area contributed by atoms with Gasteiger partial charge in [-0.05, 0) is 62.7 Å². The van der Waals surface area contributed by atoms with E-state index in [1.165, 1.54) is 31.0 Å². The first kappa shape index (κ1) is 23.6. The molecule has 1 amide bonds. The molecular formula is C27H29FN2O4. The first-order valence-corrected chi connectivity index (χ1v) is 11.5. The summed E-state index contributed by atoms with van der Waals surface area (Å²) in [6, 6.07) is 17.7. The van der Waals surface area contributed by atoms with E-state index < -0.39 is 5.91 Å². The van der Waals surface area contributed by atoms with Gasteiger partial charge in [-0.25, -0.2) is 4.39 Å². The van der Waals surface area contributed by atoms with Crippen molar-refractivity contribution in [3.8, 4) is 17.2 Å². The van der Waals surface area contributed by atoms with Crippen molar-refractivity contribution in [1.29, 1.82) is 0 Å². The minimum Gasteiger partial charge on any atom is -0.508 e. The molecule has 3 aromatic carbocycles. The fraction of sp³-hybridized carbons (Fsp3) is 0.296. The number of rotatable bonds is 10. The number of hydrogen-bond acceptors (Lipinski definition) is 5. The van der Waals surface area contributed by atoms with Crippen LogP contribution in [0, 0.1) is 5.82 Å². The average Bonchev–Trinajstić information content (AvgIpc) is 3.35. The van der Waals surface area contributed by atoms with Crippen LogP contribution in [0.5, 0.6) is 17.2 Å². The maximum absolute atomic E-state index is 14.1. The van der Waals surface area contributed by atoms with Crippen molar-refractivity contribution >= 4 is 11.6 Å². The van der Waals surface area contributed by atoms with Crippen LogP contribution in [0.4, 0.5) is 10.1 Å². The number of anilines is 1. The highest BCUT2D eigenvalue weighted by Gasteiger charge is 2.16. The standard InChI is InChI=1S/C27H29FN2O4/c28-25-10-2-1-7-20(25)19-34-26-18-23(33-16-6-15-30-13-3-4-14-30)11-12-24(26)27(32)29-21-8-5-9-22(31)17-21/h1-2,5,7-12,17-18,31H,3-4,6,13-16,19H2,(H,29,32). The number of carbonyl (C=O) groups excluding carboxylic acids is 1. The van der Waals surface area contributed by atoms with E-state index in [0.717, 1.165) is 26.1 Å². The summed E-state index contributed by atoms with van der Waals surface area (Å²) in [6.07, 6.45) is 3.43. The van der Waals surface area contributed by atoms with Crippen LogP contribution >= 0.6 is 0 Å².